The van der Waals surface area contributed by atoms with Crippen LogP contribution in [0.2, 0.25) is 10.0 Å². The van der Waals surface area contributed by atoms with Gasteiger partial charge < -0.3 is 0 Å². The van der Waals surface area contributed by atoms with Crippen LogP contribution < -0.4 is 5.56 Å². The molecule has 9 heteroatoms. The summed E-state index contributed by atoms with van der Waals surface area (Å²) < 4.78 is 24.6. The number of hydrogen-bond donors (Lipinski definition) is 0. The first-order valence-electron chi connectivity index (χ1n) is 6.99. The standard InChI is InChI=1S/C16H8Cl2N2O4S/c1-25(23,24)8-2-3-12-9(6-8)14(21)15-19-11-5-7(17)4-10(18)13(11)16(22)20(12)15/h2-6H,1H3. The average Bonchev–Trinajstić information content (AvgIpc) is 2.78. The third-order valence-corrected chi connectivity index (χ3v) is 5.60. The minimum absolute atomic E-state index is 0.00825. The van der Waals surface area contributed by atoms with Gasteiger partial charge in [-0.05, 0) is 30.3 Å². The van der Waals surface area contributed by atoms with Gasteiger partial charge in [0.25, 0.3) is 5.56 Å². The Labute approximate surface area is 151 Å². The number of ketones is 1. The maximum atomic E-state index is 12.9. The van der Waals surface area contributed by atoms with Crippen molar-refractivity contribution >= 4 is 49.7 Å². The summed E-state index contributed by atoms with van der Waals surface area (Å²) in [4.78, 5) is 29.7. The molecule has 2 heterocycles. The number of rotatable bonds is 1. The molecule has 0 amide bonds. The first-order valence-corrected chi connectivity index (χ1v) is 9.64. The topological polar surface area (TPSA) is 86.1 Å². The zero-order valence-electron chi connectivity index (χ0n) is 12.6. The Hall–Kier alpha value is -2.22. The maximum absolute atomic E-state index is 12.9. The van der Waals surface area contributed by atoms with Gasteiger partial charge in [-0.3, -0.25) is 14.2 Å². The molecule has 0 saturated carbocycles. The molecule has 0 aliphatic carbocycles. The zero-order chi connectivity index (χ0) is 18.1. The molecule has 126 valence electrons. The third-order valence-electron chi connectivity index (χ3n) is 3.97. The van der Waals surface area contributed by atoms with E-state index in [1.54, 1.807) is 0 Å². The van der Waals surface area contributed by atoms with E-state index in [2.05, 4.69) is 4.98 Å². The first kappa shape index (κ1) is 16.3. The van der Waals surface area contributed by atoms with Crippen molar-refractivity contribution in [2.75, 3.05) is 6.26 Å². The van der Waals surface area contributed by atoms with Crippen molar-refractivity contribution in [3.63, 3.8) is 0 Å². The van der Waals surface area contributed by atoms with Crippen LogP contribution in [0.5, 0.6) is 0 Å². The minimum atomic E-state index is -3.49. The second kappa shape index (κ2) is 5.14. The van der Waals surface area contributed by atoms with E-state index >= 15 is 0 Å². The van der Waals surface area contributed by atoms with Crippen molar-refractivity contribution in [2.24, 2.45) is 0 Å². The van der Waals surface area contributed by atoms with Gasteiger partial charge in [0.2, 0.25) is 5.78 Å². The number of carbonyl (C=O) groups is 1. The molecule has 2 aromatic carbocycles. The van der Waals surface area contributed by atoms with Crippen molar-refractivity contribution in [1.29, 1.82) is 0 Å². The van der Waals surface area contributed by atoms with Gasteiger partial charge in [0, 0.05) is 11.3 Å². The Kier molecular flexibility index (Phi) is 3.34. The Morgan fingerprint density at radius 1 is 1.08 bits per heavy atom. The highest BCUT2D eigenvalue weighted by Gasteiger charge is 2.32. The molecule has 0 atom stereocenters. The van der Waals surface area contributed by atoms with Crippen LogP contribution in [0.15, 0.2) is 40.0 Å². The van der Waals surface area contributed by atoms with Gasteiger partial charge in [-0.2, -0.15) is 0 Å². The summed E-state index contributed by atoms with van der Waals surface area (Å²) in [7, 11) is -3.49. The van der Waals surface area contributed by atoms with Gasteiger partial charge in [-0.1, -0.05) is 23.2 Å². The largest absolute Gasteiger partial charge is 0.285 e. The van der Waals surface area contributed by atoms with Crippen LogP contribution in [0.1, 0.15) is 16.2 Å². The van der Waals surface area contributed by atoms with Crippen molar-refractivity contribution in [2.45, 2.75) is 4.90 Å². The van der Waals surface area contributed by atoms with Crippen LogP contribution in [-0.2, 0) is 9.84 Å². The fourth-order valence-electron chi connectivity index (χ4n) is 2.85. The van der Waals surface area contributed by atoms with E-state index < -0.39 is 21.2 Å². The van der Waals surface area contributed by atoms with Gasteiger partial charge in [0.15, 0.2) is 15.7 Å². The van der Waals surface area contributed by atoms with Crippen LogP contribution in [0.3, 0.4) is 0 Å². The van der Waals surface area contributed by atoms with Crippen molar-refractivity contribution in [3.05, 3.63) is 62.1 Å². The predicted octanol–water partition coefficient (Wildman–Crippen LogP) is 2.64. The van der Waals surface area contributed by atoms with Gasteiger partial charge in [0.1, 0.15) is 0 Å². The predicted molar refractivity (Wildman–Crippen MR) is 93.9 cm³/mol. The quantitative estimate of drug-likeness (QED) is 0.495. The Morgan fingerprint density at radius 2 is 1.80 bits per heavy atom. The van der Waals surface area contributed by atoms with Crippen LogP contribution in [0, 0.1) is 0 Å². The molecule has 1 aromatic heterocycles. The van der Waals surface area contributed by atoms with Crippen molar-refractivity contribution in [1.82, 2.24) is 9.55 Å². The number of benzene rings is 2. The fraction of sp³-hybridized carbons (Fsp3) is 0.0625. The summed E-state index contributed by atoms with van der Waals surface area (Å²) >= 11 is 12.1. The monoisotopic (exact) mass is 394 g/mol. The van der Waals surface area contributed by atoms with Crippen molar-refractivity contribution < 1.29 is 13.2 Å². The lowest BCUT2D eigenvalue weighted by molar-refractivity contribution is 0.103. The van der Waals surface area contributed by atoms with Gasteiger partial charge in [0.05, 0.1) is 32.1 Å². The third kappa shape index (κ3) is 2.31. The Morgan fingerprint density at radius 3 is 2.48 bits per heavy atom. The van der Waals surface area contributed by atoms with Gasteiger partial charge in [-0.15, -0.1) is 0 Å². The summed E-state index contributed by atoms with van der Waals surface area (Å²) in [6.07, 6.45) is 1.04. The summed E-state index contributed by atoms with van der Waals surface area (Å²) in [6.45, 7) is 0. The molecule has 0 N–H and O–H groups in total. The molecule has 0 radical (unpaired) electrons. The van der Waals surface area contributed by atoms with Crippen LogP contribution in [-0.4, -0.2) is 30.0 Å². The van der Waals surface area contributed by atoms with E-state index in [-0.39, 0.29) is 42.9 Å². The molecule has 1 aliphatic heterocycles. The van der Waals surface area contributed by atoms with Crippen LogP contribution >= 0.6 is 23.2 Å². The number of fused-ring (bicyclic) bond motifs is 4. The highest BCUT2D eigenvalue weighted by molar-refractivity contribution is 7.90. The molecule has 4 rings (SSSR count). The Bertz CT molecular complexity index is 1280. The van der Waals surface area contributed by atoms with Gasteiger partial charge in [-0.25, -0.2) is 13.4 Å². The Balaban J connectivity index is 2.11. The second-order valence-corrected chi connectivity index (χ2v) is 8.50. The summed E-state index contributed by atoms with van der Waals surface area (Å²) in [5.74, 6) is -0.632. The number of hydrogen-bond acceptors (Lipinski definition) is 5. The molecule has 0 unspecified atom stereocenters. The molecule has 0 fully saturated rings. The summed E-state index contributed by atoms with van der Waals surface area (Å²) in [5, 5.41) is 0.559. The van der Waals surface area contributed by atoms with Gasteiger partial charge >= 0.3 is 0 Å². The first-order chi connectivity index (χ1) is 11.7. The number of sulfone groups is 1. The van der Waals surface area contributed by atoms with E-state index in [4.69, 9.17) is 23.2 Å². The van der Waals surface area contributed by atoms with E-state index in [1.165, 1.54) is 30.3 Å². The second-order valence-electron chi connectivity index (χ2n) is 5.64. The lowest BCUT2D eigenvalue weighted by atomic mass is 10.1. The molecule has 0 spiro atoms. The number of halogens is 2. The molecule has 1 aliphatic rings. The summed E-state index contributed by atoms with van der Waals surface area (Å²) in [5.41, 5.74) is 0.0713. The molecule has 0 bridgehead atoms. The molecule has 6 nitrogen and oxygen atoms in total. The lowest BCUT2D eigenvalue weighted by Gasteiger charge is -2.07. The average molecular weight is 395 g/mol. The highest BCUT2D eigenvalue weighted by atomic mass is 35.5. The molecular formula is C16H8Cl2N2O4S. The number of nitrogens with zero attached hydrogens (tertiary/aromatic N) is 2. The van der Waals surface area contributed by atoms with E-state index in [1.807, 2.05) is 0 Å². The smallest absolute Gasteiger partial charge is 0.267 e. The fourth-order valence-corrected chi connectivity index (χ4v) is 4.06. The molecule has 3 aromatic rings. The van der Waals surface area contributed by atoms with E-state index in [0.717, 1.165) is 10.8 Å². The van der Waals surface area contributed by atoms with E-state index in [9.17, 15) is 18.0 Å². The zero-order valence-corrected chi connectivity index (χ0v) is 14.9. The maximum Gasteiger partial charge on any atom is 0.267 e. The van der Waals surface area contributed by atoms with E-state index in [0.29, 0.717) is 0 Å². The van der Waals surface area contributed by atoms with Crippen LogP contribution in [0.25, 0.3) is 16.6 Å². The minimum Gasteiger partial charge on any atom is -0.285 e. The van der Waals surface area contributed by atoms with Crippen molar-refractivity contribution in [3.8, 4) is 5.69 Å². The van der Waals surface area contributed by atoms with Crippen LogP contribution in [0.4, 0.5) is 0 Å². The number of aromatic nitrogens is 2. The molecular weight excluding hydrogens is 387 g/mol. The lowest BCUT2D eigenvalue weighted by Crippen LogP contribution is -2.21. The number of carbonyl (C=O) groups excluding carboxylic acids is 1. The summed E-state index contributed by atoms with van der Waals surface area (Å²) in [6, 6.07) is 6.88. The molecule has 0 saturated heterocycles. The molecule has 25 heavy (non-hydrogen) atoms. The SMILES string of the molecule is CS(=O)(=O)c1ccc2c(c1)C(=O)c1nc3cc(Cl)cc(Cl)c3c(=O)n1-2. The highest BCUT2D eigenvalue weighted by Crippen LogP contribution is 2.31. The normalized spacial score (nSPS) is 13.2.